The molecule has 0 aliphatic rings. The molecule has 0 spiro atoms. The lowest BCUT2D eigenvalue weighted by Gasteiger charge is -2.19. The Bertz CT molecular complexity index is 339. The highest BCUT2D eigenvalue weighted by atomic mass is 32.1. The first-order chi connectivity index (χ1) is 6.40. The van der Waals surface area contributed by atoms with Gasteiger partial charge in [-0.1, -0.05) is 12.1 Å². The van der Waals surface area contributed by atoms with Crippen LogP contribution >= 0.6 is 12.6 Å². The van der Waals surface area contributed by atoms with E-state index in [-0.39, 0.29) is 5.97 Å². The van der Waals surface area contributed by atoms with E-state index in [0.29, 0.717) is 10.5 Å². The molecule has 0 aliphatic heterocycles. The first kappa shape index (κ1) is 11.1. The molecule has 0 saturated carbocycles. The minimum atomic E-state index is -0.465. The molecule has 14 heavy (non-hydrogen) atoms. The van der Waals surface area contributed by atoms with Crippen LogP contribution in [0.25, 0.3) is 0 Å². The predicted octanol–water partition coefficient (Wildman–Crippen LogP) is 2.93. The standard InChI is InChI=1S/C11H14O2S/c1-11(2,3)13-10(12)8-6-4-5-7-9(8)14/h4-7,14H,1-3H3. The second kappa shape index (κ2) is 4.05. The van der Waals surface area contributed by atoms with E-state index in [0.717, 1.165) is 0 Å². The fourth-order valence-electron chi connectivity index (χ4n) is 0.979. The first-order valence-electron chi connectivity index (χ1n) is 4.41. The normalized spacial score (nSPS) is 11.1. The Labute approximate surface area is 89.7 Å². The molecule has 0 heterocycles. The third kappa shape index (κ3) is 3.07. The Morgan fingerprint density at radius 2 is 1.86 bits per heavy atom. The molecule has 0 aromatic heterocycles. The monoisotopic (exact) mass is 210 g/mol. The number of benzene rings is 1. The van der Waals surface area contributed by atoms with Crippen LogP contribution in [-0.4, -0.2) is 11.6 Å². The van der Waals surface area contributed by atoms with Crippen LogP contribution < -0.4 is 0 Å². The van der Waals surface area contributed by atoms with Crippen LogP contribution in [0.4, 0.5) is 0 Å². The highest BCUT2D eigenvalue weighted by molar-refractivity contribution is 7.80. The lowest BCUT2D eigenvalue weighted by atomic mass is 10.1. The molecular weight excluding hydrogens is 196 g/mol. The molecule has 2 nitrogen and oxygen atoms in total. The number of carbonyl (C=O) groups excluding carboxylic acids is 1. The van der Waals surface area contributed by atoms with Gasteiger partial charge in [0.1, 0.15) is 5.60 Å². The van der Waals surface area contributed by atoms with Crippen LogP contribution in [0.2, 0.25) is 0 Å². The summed E-state index contributed by atoms with van der Waals surface area (Å²) in [6.07, 6.45) is 0. The quantitative estimate of drug-likeness (QED) is 0.570. The van der Waals surface area contributed by atoms with Crippen molar-refractivity contribution in [3.8, 4) is 0 Å². The van der Waals surface area contributed by atoms with Crippen molar-refractivity contribution in [1.82, 2.24) is 0 Å². The predicted molar refractivity (Wildman–Crippen MR) is 58.9 cm³/mol. The second-order valence-electron chi connectivity index (χ2n) is 4.02. The lowest BCUT2D eigenvalue weighted by Crippen LogP contribution is -2.24. The van der Waals surface area contributed by atoms with Gasteiger partial charge in [-0.15, -0.1) is 12.6 Å². The zero-order valence-corrected chi connectivity index (χ0v) is 9.47. The summed E-state index contributed by atoms with van der Waals surface area (Å²) in [4.78, 5) is 12.3. The molecule has 0 unspecified atom stereocenters. The van der Waals surface area contributed by atoms with Crippen molar-refractivity contribution < 1.29 is 9.53 Å². The lowest BCUT2D eigenvalue weighted by molar-refractivity contribution is 0.00657. The SMILES string of the molecule is CC(C)(C)OC(=O)c1ccccc1S. The number of hydrogen-bond donors (Lipinski definition) is 1. The maximum atomic E-state index is 11.6. The molecule has 1 aromatic rings. The largest absolute Gasteiger partial charge is 0.456 e. The summed E-state index contributed by atoms with van der Waals surface area (Å²) in [5.74, 6) is -0.330. The second-order valence-corrected chi connectivity index (χ2v) is 4.50. The Balaban J connectivity index is 2.86. The zero-order chi connectivity index (χ0) is 10.8. The summed E-state index contributed by atoms with van der Waals surface area (Å²) >= 11 is 4.19. The molecule has 76 valence electrons. The minimum absolute atomic E-state index is 0.330. The smallest absolute Gasteiger partial charge is 0.339 e. The van der Waals surface area contributed by atoms with E-state index in [9.17, 15) is 4.79 Å². The number of carbonyl (C=O) groups is 1. The van der Waals surface area contributed by atoms with Gasteiger partial charge in [0.15, 0.2) is 0 Å². The van der Waals surface area contributed by atoms with E-state index in [1.807, 2.05) is 26.8 Å². The molecule has 0 fully saturated rings. The van der Waals surface area contributed by atoms with E-state index in [2.05, 4.69) is 12.6 Å². The highest BCUT2D eigenvalue weighted by Gasteiger charge is 2.18. The highest BCUT2D eigenvalue weighted by Crippen LogP contribution is 2.17. The number of thiol groups is 1. The van der Waals surface area contributed by atoms with E-state index in [1.54, 1.807) is 18.2 Å². The van der Waals surface area contributed by atoms with E-state index >= 15 is 0 Å². The maximum absolute atomic E-state index is 11.6. The molecule has 1 aromatic carbocycles. The third-order valence-electron chi connectivity index (χ3n) is 1.52. The van der Waals surface area contributed by atoms with Gasteiger partial charge >= 0.3 is 5.97 Å². The van der Waals surface area contributed by atoms with Gasteiger partial charge in [0.2, 0.25) is 0 Å². The Morgan fingerprint density at radius 1 is 1.29 bits per heavy atom. The van der Waals surface area contributed by atoms with Crippen LogP contribution in [-0.2, 0) is 4.74 Å². The van der Waals surface area contributed by atoms with E-state index in [1.165, 1.54) is 0 Å². The molecule has 0 bridgehead atoms. The topological polar surface area (TPSA) is 26.3 Å². The number of rotatable bonds is 1. The van der Waals surface area contributed by atoms with E-state index < -0.39 is 5.60 Å². The van der Waals surface area contributed by atoms with Crippen molar-refractivity contribution in [3.05, 3.63) is 29.8 Å². The Kier molecular flexibility index (Phi) is 3.21. The molecule has 0 N–H and O–H groups in total. The molecule has 3 heteroatoms. The molecule has 0 atom stereocenters. The summed E-state index contributed by atoms with van der Waals surface area (Å²) in [6.45, 7) is 5.52. The molecule has 0 aliphatic carbocycles. The van der Waals surface area contributed by atoms with E-state index in [4.69, 9.17) is 4.74 Å². The third-order valence-corrected chi connectivity index (χ3v) is 1.91. The first-order valence-corrected chi connectivity index (χ1v) is 4.86. The molecule has 1 rings (SSSR count). The van der Waals surface area contributed by atoms with Gasteiger partial charge in [0.25, 0.3) is 0 Å². The van der Waals surface area contributed by atoms with Crippen LogP contribution in [0.1, 0.15) is 31.1 Å². The van der Waals surface area contributed by atoms with Crippen molar-refractivity contribution in [2.45, 2.75) is 31.3 Å². The van der Waals surface area contributed by atoms with Crippen LogP contribution in [0.3, 0.4) is 0 Å². The van der Waals surface area contributed by atoms with Crippen molar-refractivity contribution in [3.63, 3.8) is 0 Å². The van der Waals surface area contributed by atoms with Crippen LogP contribution in [0.5, 0.6) is 0 Å². The van der Waals surface area contributed by atoms with Gasteiger partial charge in [-0.25, -0.2) is 4.79 Å². The van der Waals surface area contributed by atoms with Crippen molar-refractivity contribution in [1.29, 1.82) is 0 Å². The number of esters is 1. The average molecular weight is 210 g/mol. The fourth-order valence-corrected chi connectivity index (χ4v) is 1.23. The summed E-state index contributed by atoms with van der Waals surface area (Å²) in [5, 5.41) is 0. The summed E-state index contributed by atoms with van der Waals surface area (Å²) in [7, 11) is 0. The van der Waals surface area contributed by atoms with Gasteiger partial charge in [-0.05, 0) is 32.9 Å². The average Bonchev–Trinajstić information content (AvgIpc) is 2.01. The van der Waals surface area contributed by atoms with Gasteiger partial charge in [0, 0.05) is 4.90 Å². The Morgan fingerprint density at radius 3 is 2.36 bits per heavy atom. The van der Waals surface area contributed by atoms with Crippen LogP contribution in [0, 0.1) is 0 Å². The van der Waals surface area contributed by atoms with Gasteiger partial charge in [-0.2, -0.15) is 0 Å². The molecule has 0 amide bonds. The zero-order valence-electron chi connectivity index (χ0n) is 8.57. The molecule has 0 saturated heterocycles. The Hall–Kier alpha value is -0.960. The summed E-state index contributed by atoms with van der Waals surface area (Å²) in [5.41, 5.74) is 0.0402. The van der Waals surface area contributed by atoms with Gasteiger partial charge in [0.05, 0.1) is 5.56 Å². The minimum Gasteiger partial charge on any atom is -0.456 e. The van der Waals surface area contributed by atoms with Crippen molar-refractivity contribution in [2.24, 2.45) is 0 Å². The molecular formula is C11H14O2S. The summed E-state index contributed by atoms with van der Waals surface area (Å²) < 4.78 is 5.22. The van der Waals surface area contributed by atoms with Crippen LogP contribution in [0.15, 0.2) is 29.2 Å². The van der Waals surface area contributed by atoms with Gasteiger partial charge in [-0.3, -0.25) is 0 Å². The number of ether oxygens (including phenoxy) is 1. The van der Waals surface area contributed by atoms with Gasteiger partial charge < -0.3 is 4.74 Å². The maximum Gasteiger partial charge on any atom is 0.339 e. The molecule has 0 radical (unpaired) electrons. The van der Waals surface area contributed by atoms with Crippen molar-refractivity contribution >= 4 is 18.6 Å². The van der Waals surface area contributed by atoms with Crippen molar-refractivity contribution in [2.75, 3.05) is 0 Å². The summed E-state index contributed by atoms with van der Waals surface area (Å²) in [6, 6.07) is 7.09. The fraction of sp³-hybridized carbons (Fsp3) is 0.364. The number of hydrogen-bond acceptors (Lipinski definition) is 3.